The van der Waals surface area contributed by atoms with Crippen molar-refractivity contribution < 1.29 is 21.9 Å². The van der Waals surface area contributed by atoms with Crippen LogP contribution in [0.3, 0.4) is 0 Å². The first-order valence-electron chi connectivity index (χ1n) is 6.64. The zero-order chi connectivity index (χ0) is 17.4. The van der Waals surface area contributed by atoms with Crippen LogP contribution in [-0.4, -0.2) is 28.2 Å². The van der Waals surface area contributed by atoms with Gasteiger partial charge in [0, 0.05) is 0 Å². The van der Waals surface area contributed by atoms with Crippen molar-refractivity contribution >= 4 is 25.5 Å². The fraction of sp³-hybridized carbons (Fsp3) is 0.200. The second-order valence-corrected chi connectivity index (χ2v) is 8.99. The van der Waals surface area contributed by atoms with Crippen molar-refractivity contribution in [3.8, 4) is 5.75 Å². The molecule has 0 amide bonds. The first-order chi connectivity index (χ1) is 10.5. The molecule has 0 aliphatic carbocycles. The summed E-state index contributed by atoms with van der Waals surface area (Å²) in [5.41, 5.74) is 1.42. The molecular weight excluding hydrogens is 338 g/mol. The molecule has 2 aromatic rings. The molecule has 2 aromatic carbocycles. The number of anilines is 1. The van der Waals surface area contributed by atoms with Crippen LogP contribution in [0.5, 0.6) is 5.75 Å². The van der Waals surface area contributed by atoms with E-state index in [2.05, 4.69) is 4.72 Å². The summed E-state index contributed by atoms with van der Waals surface area (Å²) in [5.74, 6) is -0.429. The molecule has 0 fully saturated rings. The van der Waals surface area contributed by atoms with Crippen molar-refractivity contribution in [1.29, 1.82) is 0 Å². The summed E-state index contributed by atoms with van der Waals surface area (Å²) in [6, 6.07) is 8.51. The number of hydrogen-bond donors (Lipinski definition) is 2. The number of phenolic OH excluding ortho intramolecular Hbond substituents is 1. The lowest BCUT2D eigenvalue weighted by Gasteiger charge is -2.13. The van der Waals surface area contributed by atoms with Gasteiger partial charge in [-0.3, -0.25) is 4.72 Å². The maximum atomic E-state index is 12.7. The fourth-order valence-electron chi connectivity index (χ4n) is 2.04. The number of benzene rings is 2. The first kappa shape index (κ1) is 17.3. The van der Waals surface area contributed by atoms with Gasteiger partial charge in [0.15, 0.2) is 0 Å². The lowest BCUT2D eigenvalue weighted by atomic mass is 10.2. The maximum absolute atomic E-state index is 12.7. The molecule has 0 atom stereocenters. The number of phenols is 1. The molecule has 0 aliphatic heterocycles. The zero-order valence-electron chi connectivity index (χ0n) is 12.9. The molecule has 0 heterocycles. The molecule has 23 heavy (non-hydrogen) atoms. The molecule has 0 aliphatic rings. The number of aryl methyl sites for hydroxylation is 2. The van der Waals surface area contributed by atoms with E-state index in [9.17, 15) is 21.9 Å². The van der Waals surface area contributed by atoms with E-state index in [1.54, 1.807) is 19.1 Å². The van der Waals surface area contributed by atoms with E-state index in [-0.39, 0.29) is 15.5 Å². The summed E-state index contributed by atoms with van der Waals surface area (Å²) in [6.07, 6.45) is 0.966. The van der Waals surface area contributed by atoms with E-state index in [1.807, 2.05) is 6.92 Å². The van der Waals surface area contributed by atoms with Crippen LogP contribution in [0.2, 0.25) is 0 Å². The first-order valence-corrected chi connectivity index (χ1v) is 10.0. The van der Waals surface area contributed by atoms with Gasteiger partial charge in [0.1, 0.15) is 10.6 Å². The predicted molar refractivity (Wildman–Crippen MR) is 87.9 cm³/mol. The summed E-state index contributed by atoms with van der Waals surface area (Å²) >= 11 is 0. The smallest absolute Gasteiger partial charge is 0.229 e. The van der Waals surface area contributed by atoms with Crippen LogP contribution in [0.15, 0.2) is 46.2 Å². The van der Waals surface area contributed by atoms with Gasteiger partial charge in [0.2, 0.25) is 19.9 Å². The molecule has 0 unspecified atom stereocenters. The van der Waals surface area contributed by atoms with Crippen molar-refractivity contribution in [2.75, 3.05) is 11.0 Å². The third-order valence-electron chi connectivity index (χ3n) is 3.22. The number of sulfonamides is 1. The van der Waals surface area contributed by atoms with Crippen molar-refractivity contribution in [3.63, 3.8) is 0 Å². The van der Waals surface area contributed by atoms with Gasteiger partial charge in [-0.15, -0.1) is 0 Å². The Morgan fingerprint density at radius 3 is 2.04 bits per heavy atom. The second kappa shape index (κ2) is 5.86. The molecular formula is C15H17NO5S2. The molecule has 6 nitrogen and oxygen atoms in total. The largest absolute Gasteiger partial charge is 0.507 e. The highest BCUT2D eigenvalue weighted by Crippen LogP contribution is 2.33. The van der Waals surface area contributed by atoms with E-state index in [1.165, 1.54) is 18.2 Å². The van der Waals surface area contributed by atoms with E-state index >= 15 is 0 Å². The van der Waals surface area contributed by atoms with Gasteiger partial charge in [-0.25, -0.2) is 16.8 Å². The quantitative estimate of drug-likeness (QED) is 0.819. The Labute approximate surface area is 135 Å². The number of aromatic hydroxyl groups is 1. The van der Waals surface area contributed by atoms with Crippen molar-refractivity contribution in [3.05, 3.63) is 47.5 Å². The molecule has 2 rings (SSSR count). The van der Waals surface area contributed by atoms with E-state index < -0.39 is 25.6 Å². The highest BCUT2D eigenvalue weighted by atomic mass is 32.2. The minimum atomic E-state index is -3.97. The SMILES string of the molecule is Cc1ccc(S(=O)(=O)c2cc(NS(C)(=O)=O)c(C)cc2O)cc1. The van der Waals surface area contributed by atoms with E-state index in [4.69, 9.17) is 0 Å². The Bertz CT molecular complexity index is 946. The van der Waals surface area contributed by atoms with E-state index in [0.29, 0.717) is 5.56 Å². The number of sulfone groups is 1. The molecule has 0 aromatic heterocycles. The maximum Gasteiger partial charge on any atom is 0.229 e. The van der Waals surface area contributed by atoms with Crippen molar-refractivity contribution in [1.82, 2.24) is 0 Å². The van der Waals surface area contributed by atoms with Crippen molar-refractivity contribution in [2.24, 2.45) is 0 Å². The van der Waals surface area contributed by atoms with Crippen LogP contribution in [-0.2, 0) is 19.9 Å². The Kier molecular flexibility index (Phi) is 4.41. The average Bonchev–Trinajstić information content (AvgIpc) is 2.40. The fourth-order valence-corrected chi connectivity index (χ4v) is 4.02. The number of rotatable bonds is 4. The minimum Gasteiger partial charge on any atom is -0.507 e. The Morgan fingerprint density at radius 1 is 0.957 bits per heavy atom. The van der Waals surface area contributed by atoms with Gasteiger partial charge in [-0.05, 0) is 43.7 Å². The summed E-state index contributed by atoms with van der Waals surface area (Å²) in [5, 5.41) is 10.0. The standard InChI is InChI=1S/C15H17NO5S2/c1-10-4-6-12(7-5-10)23(20,21)15-9-13(16-22(3,18)19)11(2)8-14(15)17/h4-9,16-17H,1-3H3. The number of nitrogens with one attached hydrogen (secondary N) is 1. The highest BCUT2D eigenvalue weighted by molar-refractivity contribution is 7.92. The molecule has 0 radical (unpaired) electrons. The third-order valence-corrected chi connectivity index (χ3v) is 5.61. The van der Waals surface area contributed by atoms with Crippen LogP contribution in [0.1, 0.15) is 11.1 Å². The number of hydrogen-bond acceptors (Lipinski definition) is 5. The molecule has 2 N–H and O–H groups in total. The van der Waals surface area contributed by atoms with Crippen LogP contribution in [0.25, 0.3) is 0 Å². The predicted octanol–water partition coefficient (Wildman–Crippen LogP) is 2.21. The Hall–Kier alpha value is -2.06. The van der Waals surface area contributed by atoms with E-state index in [0.717, 1.165) is 17.9 Å². The topological polar surface area (TPSA) is 101 Å². The molecule has 0 spiro atoms. The van der Waals surface area contributed by atoms with Gasteiger partial charge in [-0.1, -0.05) is 17.7 Å². The van der Waals surface area contributed by atoms with Crippen LogP contribution < -0.4 is 4.72 Å². The zero-order valence-corrected chi connectivity index (χ0v) is 14.5. The summed E-state index contributed by atoms with van der Waals surface area (Å²) in [4.78, 5) is -0.328. The van der Waals surface area contributed by atoms with Crippen LogP contribution in [0, 0.1) is 13.8 Å². The summed E-state index contributed by atoms with van der Waals surface area (Å²) < 4.78 is 50.3. The van der Waals surface area contributed by atoms with Gasteiger partial charge >= 0.3 is 0 Å². The Morgan fingerprint density at radius 2 is 1.52 bits per heavy atom. The monoisotopic (exact) mass is 355 g/mol. The lowest BCUT2D eigenvalue weighted by molar-refractivity contribution is 0.458. The van der Waals surface area contributed by atoms with Gasteiger partial charge in [0.25, 0.3) is 0 Å². The molecule has 8 heteroatoms. The second-order valence-electron chi connectivity index (χ2n) is 5.33. The summed E-state index contributed by atoms with van der Waals surface area (Å²) in [7, 11) is -7.54. The molecule has 0 saturated heterocycles. The van der Waals surface area contributed by atoms with Crippen LogP contribution >= 0.6 is 0 Å². The van der Waals surface area contributed by atoms with Crippen molar-refractivity contribution in [2.45, 2.75) is 23.6 Å². The van der Waals surface area contributed by atoms with Gasteiger partial charge in [0.05, 0.1) is 16.8 Å². The average molecular weight is 355 g/mol. The normalized spacial score (nSPS) is 12.1. The molecule has 0 bridgehead atoms. The lowest BCUT2D eigenvalue weighted by Crippen LogP contribution is -2.12. The third kappa shape index (κ3) is 3.83. The Balaban J connectivity index is 2.62. The molecule has 0 saturated carbocycles. The molecule has 124 valence electrons. The van der Waals surface area contributed by atoms with Gasteiger partial charge < -0.3 is 5.11 Å². The van der Waals surface area contributed by atoms with Crippen LogP contribution in [0.4, 0.5) is 5.69 Å². The van der Waals surface area contributed by atoms with Gasteiger partial charge in [-0.2, -0.15) is 0 Å². The summed E-state index contributed by atoms with van der Waals surface area (Å²) in [6.45, 7) is 3.39. The highest BCUT2D eigenvalue weighted by Gasteiger charge is 2.23. The minimum absolute atomic E-state index is 0.0209.